The highest BCUT2D eigenvalue weighted by molar-refractivity contribution is 6.40. The number of hydrazone groups is 1. The molecule has 0 aliphatic carbocycles. The summed E-state index contributed by atoms with van der Waals surface area (Å²) in [5, 5.41) is 6.86. The Morgan fingerprint density at radius 1 is 1.07 bits per heavy atom. The molecule has 2 rings (SSSR count). The summed E-state index contributed by atoms with van der Waals surface area (Å²) in [5.74, 6) is -1.67. The van der Waals surface area contributed by atoms with E-state index in [9.17, 15) is 9.59 Å². The van der Waals surface area contributed by atoms with Crippen LogP contribution in [0.25, 0.3) is 0 Å². The Balaban J connectivity index is 1.92. The first-order valence-electron chi connectivity index (χ1n) is 8.70. The second kappa shape index (κ2) is 9.73. The fraction of sp³-hybridized carbons (Fsp3) is 0.250. The maximum atomic E-state index is 12.0. The van der Waals surface area contributed by atoms with Gasteiger partial charge >= 0.3 is 11.8 Å². The molecule has 2 amide bonds. The number of carbonyl (C=O) groups excluding carboxylic acids is 2. The monoisotopic (exact) mass is 386 g/mol. The van der Waals surface area contributed by atoms with Crippen LogP contribution in [0.4, 0.5) is 11.4 Å². The van der Waals surface area contributed by atoms with Crippen molar-refractivity contribution < 1.29 is 9.59 Å². The van der Waals surface area contributed by atoms with E-state index in [1.54, 1.807) is 25.1 Å². The van der Waals surface area contributed by atoms with Crippen molar-refractivity contribution in [2.45, 2.75) is 20.8 Å². The second-order valence-electron chi connectivity index (χ2n) is 5.83. The average Bonchev–Trinajstić information content (AvgIpc) is 2.67. The summed E-state index contributed by atoms with van der Waals surface area (Å²) in [6.45, 7) is 7.83. The Morgan fingerprint density at radius 3 is 2.37 bits per heavy atom. The lowest BCUT2D eigenvalue weighted by Crippen LogP contribution is -2.32. The van der Waals surface area contributed by atoms with Gasteiger partial charge < -0.3 is 10.2 Å². The van der Waals surface area contributed by atoms with Crippen LogP contribution in [0.3, 0.4) is 0 Å². The van der Waals surface area contributed by atoms with Crippen LogP contribution in [0, 0.1) is 6.92 Å². The molecule has 0 heterocycles. The molecule has 0 bridgehead atoms. The van der Waals surface area contributed by atoms with Gasteiger partial charge in [0.25, 0.3) is 0 Å². The first-order chi connectivity index (χ1) is 13.0. The molecule has 27 heavy (non-hydrogen) atoms. The molecular formula is C20H23ClN4O2. The van der Waals surface area contributed by atoms with Crippen LogP contribution in [0.1, 0.15) is 25.0 Å². The largest absolute Gasteiger partial charge is 0.372 e. The summed E-state index contributed by atoms with van der Waals surface area (Å²) in [4.78, 5) is 26.1. The molecule has 142 valence electrons. The third-order valence-corrected chi connectivity index (χ3v) is 4.53. The highest BCUT2D eigenvalue weighted by atomic mass is 35.5. The van der Waals surface area contributed by atoms with Crippen LogP contribution < -0.4 is 15.6 Å². The third kappa shape index (κ3) is 5.56. The maximum Gasteiger partial charge on any atom is 0.329 e. The van der Waals surface area contributed by atoms with Gasteiger partial charge in [-0.1, -0.05) is 29.8 Å². The van der Waals surface area contributed by atoms with Crippen molar-refractivity contribution >= 4 is 41.0 Å². The van der Waals surface area contributed by atoms with Crippen LogP contribution >= 0.6 is 11.6 Å². The Kier molecular flexibility index (Phi) is 7.37. The molecule has 7 heteroatoms. The van der Waals surface area contributed by atoms with E-state index in [-0.39, 0.29) is 0 Å². The van der Waals surface area contributed by atoms with Crippen LogP contribution in [0.5, 0.6) is 0 Å². The molecular weight excluding hydrogens is 364 g/mol. The number of benzene rings is 2. The Hall–Kier alpha value is -2.86. The van der Waals surface area contributed by atoms with Crippen molar-refractivity contribution in [2.75, 3.05) is 23.3 Å². The van der Waals surface area contributed by atoms with Crippen molar-refractivity contribution in [3.05, 3.63) is 58.6 Å². The van der Waals surface area contributed by atoms with E-state index < -0.39 is 11.8 Å². The van der Waals surface area contributed by atoms with Crippen molar-refractivity contribution in [2.24, 2.45) is 5.10 Å². The van der Waals surface area contributed by atoms with Gasteiger partial charge in [0.05, 0.1) is 6.21 Å². The topological polar surface area (TPSA) is 73.8 Å². The summed E-state index contributed by atoms with van der Waals surface area (Å²) < 4.78 is 0. The lowest BCUT2D eigenvalue weighted by Gasteiger charge is -2.20. The van der Waals surface area contributed by atoms with E-state index in [1.165, 1.54) is 6.21 Å². The molecule has 0 saturated heterocycles. The molecule has 0 fully saturated rings. The van der Waals surface area contributed by atoms with E-state index in [1.807, 2.05) is 24.3 Å². The van der Waals surface area contributed by atoms with Gasteiger partial charge in [-0.25, -0.2) is 5.43 Å². The Labute approximate surface area is 164 Å². The first-order valence-corrected chi connectivity index (χ1v) is 9.08. The number of nitrogens with one attached hydrogen (secondary N) is 2. The number of nitrogens with zero attached hydrogens (tertiary/aromatic N) is 2. The molecule has 0 aromatic heterocycles. The zero-order valence-electron chi connectivity index (χ0n) is 15.6. The second-order valence-corrected chi connectivity index (χ2v) is 6.24. The minimum absolute atomic E-state index is 0.485. The van der Waals surface area contributed by atoms with E-state index in [4.69, 9.17) is 11.6 Å². The molecule has 0 atom stereocenters. The van der Waals surface area contributed by atoms with Crippen LogP contribution in [0.15, 0.2) is 47.6 Å². The van der Waals surface area contributed by atoms with Gasteiger partial charge in [0.1, 0.15) is 0 Å². The summed E-state index contributed by atoms with van der Waals surface area (Å²) in [5.41, 5.74) is 5.34. The number of hydrogen-bond acceptors (Lipinski definition) is 4. The van der Waals surface area contributed by atoms with Crippen molar-refractivity contribution in [3.63, 3.8) is 0 Å². The van der Waals surface area contributed by atoms with Crippen molar-refractivity contribution in [1.29, 1.82) is 0 Å². The molecule has 2 N–H and O–H groups in total. The zero-order valence-corrected chi connectivity index (χ0v) is 16.4. The summed E-state index contributed by atoms with van der Waals surface area (Å²) in [6.07, 6.45) is 1.49. The van der Waals surface area contributed by atoms with Gasteiger partial charge in [-0.15, -0.1) is 0 Å². The molecule has 0 saturated carbocycles. The molecule has 2 aromatic rings. The molecule has 0 spiro atoms. The lowest BCUT2D eigenvalue weighted by atomic mass is 10.2. The molecule has 0 aliphatic rings. The van der Waals surface area contributed by atoms with Crippen LogP contribution in [-0.2, 0) is 9.59 Å². The van der Waals surface area contributed by atoms with Gasteiger partial charge in [0.15, 0.2) is 0 Å². The Morgan fingerprint density at radius 2 is 1.74 bits per heavy atom. The number of anilines is 2. The van der Waals surface area contributed by atoms with Gasteiger partial charge in [-0.2, -0.15) is 5.10 Å². The number of rotatable bonds is 6. The lowest BCUT2D eigenvalue weighted by molar-refractivity contribution is -0.136. The van der Waals surface area contributed by atoms with E-state index in [2.05, 4.69) is 34.6 Å². The number of amides is 2. The van der Waals surface area contributed by atoms with Gasteiger partial charge in [0.2, 0.25) is 0 Å². The van der Waals surface area contributed by atoms with Gasteiger partial charge in [-0.3, -0.25) is 9.59 Å². The molecule has 0 radical (unpaired) electrons. The van der Waals surface area contributed by atoms with Crippen molar-refractivity contribution in [1.82, 2.24) is 5.43 Å². The van der Waals surface area contributed by atoms with Gasteiger partial charge in [0, 0.05) is 29.5 Å². The predicted octanol–water partition coefficient (Wildman–Crippen LogP) is 3.58. The highest BCUT2D eigenvalue weighted by Gasteiger charge is 2.14. The van der Waals surface area contributed by atoms with Crippen LogP contribution in [0.2, 0.25) is 5.02 Å². The molecule has 6 nitrogen and oxygen atoms in total. The maximum absolute atomic E-state index is 12.0. The minimum atomic E-state index is -0.856. The number of hydrogen-bond donors (Lipinski definition) is 2. The summed E-state index contributed by atoms with van der Waals surface area (Å²) in [6, 6.07) is 12.9. The molecule has 0 aliphatic heterocycles. The van der Waals surface area contributed by atoms with Gasteiger partial charge in [-0.05, 0) is 56.2 Å². The standard InChI is InChI=1S/C20H23ClN4O2/c1-4-25(5-2)16-11-9-15(10-12-16)13-22-24-20(27)19(26)23-18-8-6-7-17(21)14(18)3/h6-13H,4-5H2,1-3H3,(H,23,26)(H,24,27)/b22-13-. The van der Waals surface area contributed by atoms with Crippen LogP contribution in [-0.4, -0.2) is 31.1 Å². The summed E-state index contributed by atoms with van der Waals surface area (Å²) >= 11 is 6.00. The molecule has 2 aromatic carbocycles. The molecule has 0 unspecified atom stereocenters. The fourth-order valence-electron chi connectivity index (χ4n) is 2.50. The fourth-order valence-corrected chi connectivity index (χ4v) is 2.67. The smallest absolute Gasteiger partial charge is 0.329 e. The zero-order chi connectivity index (χ0) is 19.8. The van der Waals surface area contributed by atoms with Crippen molar-refractivity contribution in [3.8, 4) is 0 Å². The first kappa shape index (κ1) is 20.5. The SMILES string of the molecule is CCN(CC)c1ccc(/C=N\NC(=O)C(=O)Nc2cccc(Cl)c2C)cc1. The predicted molar refractivity (Wildman–Crippen MR) is 111 cm³/mol. The highest BCUT2D eigenvalue weighted by Crippen LogP contribution is 2.22. The van der Waals surface area contributed by atoms with E-state index in [0.29, 0.717) is 16.3 Å². The summed E-state index contributed by atoms with van der Waals surface area (Å²) in [7, 11) is 0. The Bertz CT molecular complexity index is 830. The minimum Gasteiger partial charge on any atom is -0.372 e. The van der Waals surface area contributed by atoms with E-state index >= 15 is 0 Å². The third-order valence-electron chi connectivity index (χ3n) is 4.12. The number of halogens is 1. The quantitative estimate of drug-likeness (QED) is 0.452. The average molecular weight is 387 g/mol. The number of carbonyl (C=O) groups is 2. The van der Waals surface area contributed by atoms with E-state index in [0.717, 1.165) is 24.3 Å². The normalized spacial score (nSPS) is 10.7.